The first-order valence-electron chi connectivity index (χ1n) is 4.93. The molecular formula is C12H13NOS. The second-order valence-corrected chi connectivity index (χ2v) is 4.37. The molecule has 0 saturated heterocycles. The van der Waals surface area contributed by atoms with E-state index < -0.39 is 0 Å². The Hall–Kier alpha value is -1.06. The Kier molecular flexibility index (Phi) is 3.59. The summed E-state index contributed by atoms with van der Waals surface area (Å²) < 4.78 is 0. The van der Waals surface area contributed by atoms with E-state index in [-0.39, 0.29) is 6.61 Å². The van der Waals surface area contributed by atoms with E-state index >= 15 is 0 Å². The standard InChI is InChI=1S/C12H13NOS/c14-7-8-15-9-10-5-6-13-12-4-2-1-3-11(10)12/h1-6,14H,7-9H2. The summed E-state index contributed by atoms with van der Waals surface area (Å²) >= 11 is 1.74. The zero-order chi connectivity index (χ0) is 10.5. The molecule has 0 fully saturated rings. The highest BCUT2D eigenvalue weighted by Crippen LogP contribution is 2.20. The fourth-order valence-electron chi connectivity index (χ4n) is 1.53. The zero-order valence-electron chi connectivity index (χ0n) is 8.39. The molecule has 0 saturated carbocycles. The van der Waals surface area contributed by atoms with Gasteiger partial charge in [-0.1, -0.05) is 18.2 Å². The highest BCUT2D eigenvalue weighted by Gasteiger charge is 2.00. The van der Waals surface area contributed by atoms with Crippen LogP contribution in [0.25, 0.3) is 10.9 Å². The minimum absolute atomic E-state index is 0.244. The van der Waals surface area contributed by atoms with E-state index in [0.717, 1.165) is 17.0 Å². The van der Waals surface area contributed by atoms with Crippen LogP contribution in [0.5, 0.6) is 0 Å². The molecular weight excluding hydrogens is 206 g/mol. The molecule has 2 aromatic rings. The third-order valence-corrected chi connectivity index (χ3v) is 3.22. The normalized spacial score (nSPS) is 10.7. The number of aliphatic hydroxyl groups is 1. The van der Waals surface area contributed by atoms with Crippen molar-refractivity contribution >= 4 is 22.7 Å². The van der Waals surface area contributed by atoms with Crippen LogP contribution in [0, 0.1) is 0 Å². The molecule has 0 radical (unpaired) electrons. The van der Waals surface area contributed by atoms with Gasteiger partial charge in [-0.05, 0) is 17.7 Å². The largest absolute Gasteiger partial charge is 0.396 e. The molecule has 1 heterocycles. The molecule has 0 bridgehead atoms. The molecule has 0 aliphatic carbocycles. The van der Waals surface area contributed by atoms with Gasteiger partial charge in [0.25, 0.3) is 0 Å². The topological polar surface area (TPSA) is 33.1 Å². The minimum atomic E-state index is 0.244. The average molecular weight is 219 g/mol. The summed E-state index contributed by atoms with van der Waals surface area (Å²) in [5.74, 6) is 1.72. The lowest BCUT2D eigenvalue weighted by Gasteiger charge is -2.04. The Balaban J connectivity index is 2.26. The molecule has 3 heteroatoms. The van der Waals surface area contributed by atoms with Crippen LogP contribution in [-0.4, -0.2) is 22.5 Å². The van der Waals surface area contributed by atoms with Gasteiger partial charge in [0.1, 0.15) is 0 Å². The van der Waals surface area contributed by atoms with Crippen LogP contribution in [0.2, 0.25) is 0 Å². The summed E-state index contributed by atoms with van der Waals surface area (Å²) in [6, 6.07) is 10.2. The molecule has 0 aliphatic rings. The van der Waals surface area contributed by atoms with E-state index in [1.54, 1.807) is 11.8 Å². The van der Waals surface area contributed by atoms with E-state index in [1.165, 1.54) is 10.9 Å². The molecule has 78 valence electrons. The Bertz CT molecular complexity index is 439. The monoisotopic (exact) mass is 219 g/mol. The van der Waals surface area contributed by atoms with E-state index in [2.05, 4.69) is 11.1 Å². The van der Waals surface area contributed by atoms with Gasteiger partial charge in [-0.25, -0.2) is 0 Å². The lowest BCUT2D eigenvalue weighted by Crippen LogP contribution is -1.90. The van der Waals surface area contributed by atoms with E-state index in [4.69, 9.17) is 5.11 Å². The molecule has 15 heavy (non-hydrogen) atoms. The van der Waals surface area contributed by atoms with Crippen molar-refractivity contribution in [2.45, 2.75) is 5.75 Å². The van der Waals surface area contributed by atoms with E-state index in [1.807, 2.05) is 30.5 Å². The van der Waals surface area contributed by atoms with Crippen molar-refractivity contribution in [1.29, 1.82) is 0 Å². The van der Waals surface area contributed by atoms with Crippen LogP contribution < -0.4 is 0 Å². The quantitative estimate of drug-likeness (QED) is 0.802. The SMILES string of the molecule is OCCSCc1ccnc2ccccc12. The van der Waals surface area contributed by atoms with Crippen molar-refractivity contribution in [2.75, 3.05) is 12.4 Å². The van der Waals surface area contributed by atoms with E-state index in [0.29, 0.717) is 0 Å². The maximum atomic E-state index is 8.72. The number of benzene rings is 1. The van der Waals surface area contributed by atoms with Crippen molar-refractivity contribution in [3.8, 4) is 0 Å². The number of pyridine rings is 1. The number of aliphatic hydroxyl groups excluding tert-OH is 1. The van der Waals surface area contributed by atoms with Crippen LogP contribution in [0.1, 0.15) is 5.56 Å². The van der Waals surface area contributed by atoms with Gasteiger partial charge in [0.15, 0.2) is 0 Å². The van der Waals surface area contributed by atoms with Crippen LogP contribution >= 0.6 is 11.8 Å². The van der Waals surface area contributed by atoms with Crippen molar-refractivity contribution in [2.24, 2.45) is 0 Å². The summed E-state index contributed by atoms with van der Waals surface area (Å²) in [5, 5.41) is 9.94. The fraction of sp³-hybridized carbons (Fsp3) is 0.250. The van der Waals surface area contributed by atoms with Crippen LogP contribution in [0.15, 0.2) is 36.5 Å². The number of fused-ring (bicyclic) bond motifs is 1. The molecule has 0 amide bonds. The molecule has 1 N–H and O–H groups in total. The van der Waals surface area contributed by atoms with Crippen LogP contribution in [0.4, 0.5) is 0 Å². The van der Waals surface area contributed by atoms with Gasteiger partial charge in [0.05, 0.1) is 12.1 Å². The molecule has 0 aliphatic heterocycles. The Labute approximate surface area is 93.3 Å². The van der Waals surface area contributed by atoms with E-state index in [9.17, 15) is 0 Å². The first-order chi connectivity index (χ1) is 7.42. The Morgan fingerprint density at radius 1 is 1.20 bits per heavy atom. The van der Waals surface area contributed by atoms with Crippen molar-refractivity contribution < 1.29 is 5.11 Å². The first kappa shape index (κ1) is 10.5. The lowest BCUT2D eigenvalue weighted by molar-refractivity contribution is 0.322. The molecule has 0 unspecified atom stereocenters. The van der Waals surface area contributed by atoms with Crippen molar-refractivity contribution in [1.82, 2.24) is 4.98 Å². The third kappa shape index (κ3) is 2.49. The summed E-state index contributed by atoms with van der Waals surface area (Å²) in [6.45, 7) is 0.244. The summed E-state index contributed by atoms with van der Waals surface area (Å²) in [7, 11) is 0. The highest BCUT2D eigenvalue weighted by atomic mass is 32.2. The van der Waals surface area contributed by atoms with Gasteiger partial charge < -0.3 is 5.11 Å². The molecule has 1 aromatic carbocycles. The highest BCUT2D eigenvalue weighted by molar-refractivity contribution is 7.98. The maximum absolute atomic E-state index is 8.72. The van der Waals surface area contributed by atoms with Gasteiger partial charge in [-0.2, -0.15) is 11.8 Å². The number of nitrogens with zero attached hydrogens (tertiary/aromatic N) is 1. The smallest absolute Gasteiger partial charge is 0.0705 e. The second kappa shape index (κ2) is 5.14. The van der Waals surface area contributed by atoms with Gasteiger partial charge in [-0.15, -0.1) is 0 Å². The van der Waals surface area contributed by atoms with Crippen LogP contribution in [-0.2, 0) is 5.75 Å². The first-order valence-corrected chi connectivity index (χ1v) is 6.08. The molecule has 0 spiro atoms. The summed E-state index contributed by atoms with van der Waals surface area (Å²) in [4.78, 5) is 4.31. The zero-order valence-corrected chi connectivity index (χ0v) is 9.20. The van der Waals surface area contributed by atoms with Crippen molar-refractivity contribution in [3.05, 3.63) is 42.1 Å². The lowest BCUT2D eigenvalue weighted by atomic mass is 10.1. The number of para-hydroxylation sites is 1. The fourth-order valence-corrected chi connectivity index (χ4v) is 2.27. The van der Waals surface area contributed by atoms with Gasteiger partial charge >= 0.3 is 0 Å². The second-order valence-electron chi connectivity index (χ2n) is 3.26. The van der Waals surface area contributed by atoms with Crippen LogP contribution in [0.3, 0.4) is 0 Å². The van der Waals surface area contributed by atoms with Gasteiger partial charge in [0.2, 0.25) is 0 Å². The number of hydrogen-bond acceptors (Lipinski definition) is 3. The maximum Gasteiger partial charge on any atom is 0.0705 e. The average Bonchev–Trinajstić information content (AvgIpc) is 2.30. The predicted molar refractivity (Wildman–Crippen MR) is 65.0 cm³/mol. The van der Waals surface area contributed by atoms with Gasteiger partial charge in [-0.3, -0.25) is 4.98 Å². The third-order valence-electron chi connectivity index (χ3n) is 2.23. The predicted octanol–water partition coefficient (Wildman–Crippen LogP) is 2.46. The van der Waals surface area contributed by atoms with Gasteiger partial charge in [0, 0.05) is 23.1 Å². The number of hydrogen-bond donors (Lipinski definition) is 1. The van der Waals surface area contributed by atoms with Crippen molar-refractivity contribution in [3.63, 3.8) is 0 Å². The molecule has 2 rings (SSSR count). The molecule has 1 aromatic heterocycles. The molecule has 0 atom stereocenters. The summed E-state index contributed by atoms with van der Waals surface area (Å²) in [6.07, 6.45) is 1.84. The molecule has 2 nitrogen and oxygen atoms in total. The Morgan fingerprint density at radius 2 is 2.07 bits per heavy atom. The minimum Gasteiger partial charge on any atom is -0.396 e. The number of thioether (sulfide) groups is 1. The number of rotatable bonds is 4. The summed E-state index contributed by atoms with van der Waals surface area (Å²) in [5.41, 5.74) is 2.33. The number of aromatic nitrogens is 1. The Morgan fingerprint density at radius 3 is 2.93 bits per heavy atom.